The predicted octanol–water partition coefficient (Wildman–Crippen LogP) is 1.60. The van der Waals surface area contributed by atoms with Gasteiger partial charge in [0.15, 0.2) is 36.6 Å². The maximum absolute atomic E-state index is 14.8. The number of carbonyl (C=O) groups is 4. The summed E-state index contributed by atoms with van der Waals surface area (Å²) >= 11 is 0. The van der Waals surface area contributed by atoms with Crippen molar-refractivity contribution in [3.63, 3.8) is 0 Å². The van der Waals surface area contributed by atoms with Crippen LogP contribution in [0.5, 0.6) is 23.0 Å². The third-order valence-electron chi connectivity index (χ3n) is 12.1. The van der Waals surface area contributed by atoms with Crippen LogP contribution in [-0.2, 0) is 32.0 Å². The molecule has 2 aromatic carbocycles. The third-order valence-corrected chi connectivity index (χ3v) is 12.1. The van der Waals surface area contributed by atoms with Crippen molar-refractivity contribution in [1.82, 2.24) is 58.5 Å². The van der Waals surface area contributed by atoms with E-state index in [1.165, 1.54) is 19.2 Å². The van der Waals surface area contributed by atoms with Crippen LogP contribution in [0, 0.1) is 10.8 Å². The second kappa shape index (κ2) is 35.4. The molecule has 0 bridgehead atoms. The molecule has 4 amide bonds. The Labute approximate surface area is 464 Å². The lowest BCUT2D eigenvalue weighted by molar-refractivity contribution is -0.130. The van der Waals surface area contributed by atoms with Crippen molar-refractivity contribution in [2.24, 2.45) is 5.73 Å². The SMILES string of the molecule is CNC(=N)NCCCC(NC(=O)COc1cc2oc3cc(OCC(=O)NC(CCCNC(=N)N)C(=O)NCCNCCNC(C)C)c(CC=C(C)C)c(O)c3c(=O)c2c(CC=C(C)C)c1OC)C(=O)NCCNCCNC(C)C. The monoisotopic (exact) mass is 1110 g/mol. The second-order valence-electron chi connectivity index (χ2n) is 20.0. The van der Waals surface area contributed by atoms with Crippen LogP contribution in [0.1, 0.15) is 92.2 Å². The van der Waals surface area contributed by atoms with E-state index < -0.39 is 54.2 Å². The number of hydrogen-bond acceptors (Lipinski definition) is 16. The van der Waals surface area contributed by atoms with Crippen LogP contribution in [0.2, 0.25) is 0 Å². The molecule has 3 aromatic rings. The van der Waals surface area contributed by atoms with Crippen molar-refractivity contribution in [3.05, 3.63) is 56.8 Å². The molecule has 3 rings (SSSR count). The van der Waals surface area contributed by atoms with E-state index in [1.807, 2.05) is 39.8 Å². The molecule has 0 fully saturated rings. The molecule has 2 atom stereocenters. The van der Waals surface area contributed by atoms with Gasteiger partial charge in [0.25, 0.3) is 11.8 Å². The Morgan fingerprint density at radius 2 is 1.13 bits per heavy atom. The van der Waals surface area contributed by atoms with Gasteiger partial charge in [0.2, 0.25) is 17.2 Å². The van der Waals surface area contributed by atoms with Gasteiger partial charge < -0.3 is 88.0 Å². The Kier molecular flexibility index (Phi) is 29.6. The van der Waals surface area contributed by atoms with Crippen LogP contribution in [0.25, 0.3) is 21.9 Å². The third kappa shape index (κ3) is 23.8. The maximum Gasteiger partial charge on any atom is 0.258 e. The number of hydrogen-bond donors (Lipinski definition) is 15. The summed E-state index contributed by atoms with van der Waals surface area (Å²) in [6.07, 6.45) is 5.33. The minimum absolute atomic E-state index is 0.0343. The van der Waals surface area contributed by atoms with E-state index in [0.717, 1.165) is 24.2 Å². The number of nitrogens with two attached hydrogens (primary N) is 1. The Bertz CT molecular complexity index is 2610. The summed E-state index contributed by atoms with van der Waals surface area (Å²) in [6, 6.07) is 1.66. The Hall–Kier alpha value is -7.15. The normalized spacial score (nSPS) is 11.8. The fraction of sp³-hybridized carbons (Fsp3) is 0.582. The standard InChI is InChI=1S/C55H90N14O10/c1-33(2)15-17-37-41(77-31-45(70)68-39(13-11-19-66-54(56)57)52(74)64-27-23-60-21-25-62-35(5)6)29-43-48(49(37)72)50(73)47-38(18-16-34(3)4)51(76-10)44(30-42(47)79-43)78-32-46(71)69-40(14-12-20-67-55(58)59-9)53(75)65-28-24-61-22-26-63-36(7)8/h15-16,29-30,35-36,39-40,60-63,72H,11-14,17-28,31-32H2,1-10H3,(H,64,74)(H,65,75)(H,68,70)(H,69,71)(H4,56,57,66)(H3,58,59,67). The van der Waals surface area contributed by atoms with Gasteiger partial charge in [0.05, 0.1) is 12.5 Å². The maximum atomic E-state index is 14.8. The average Bonchev–Trinajstić information content (AvgIpc) is 3.40. The van der Waals surface area contributed by atoms with Crippen LogP contribution >= 0.6 is 0 Å². The second-order valence-corrected chi connectivity index (χ2v) is 20.0. The Balaban J connectivity index is 1.99. The largest absolute Gasteiger partial charge is 0.507 e. The summed E-state index contributed by atoms with van der Waals surface area (Å²) in [7, 11) is 3.02. The quantitative estimate of drug-likeness (QED) is 0.0128. The molecule has 0 saturated carbocycles. The van der Waals surface area contributed by atoms with Gasteiger partial charge in [0.1, 0.15) is 40.1 Å². The van der Waals surface area contributed by atoms with E-state index in [9.17, 15) is 29.1 Å². The number of allylic oxidation sites excluding steroid dienone is 4. The van der Waals surface area contributed by atoms with Crippen molar-refractivity contribution < 1.29 is 42.9 Å². The van der Waals surface area contributed by atoms with Gasteiger partial charge in [-0.05, 0) is 66.2 Å². The van der Waals surface area contributed by atoms with Crippen molar-refractivity contribution >= 4 is 57.5 Å². The molecule has 0 saturated heterocycles. The van der Waals surface area contributed by atoms with E-state index >= 15 is 0 Å². The fourth-order valence-corrected chi connectivity index (χ4v) is 8.04. The highest BCUT2D eigenvalue weighted by Gasteiger charge is 2.27. The molecule has 0 radical (unpaired) electrons. The van der Waals surface area contributed by atoms with Crippen LogP contribution in [0.4, 0.5) is 0 Å². The van der Waals surface area contributed by atoms with Gasteiger partial charge in [-0.1, -0.05) is 51.0 Å². The zero-order valence-electron chi connectivity index (χ0n) is 48.0. The van der Waals surface area contributed by atoms with Crippen LogP contribution in [-0.4, -0.2) is 158 Å². The van der Waals surface area contributed by atoms with Crippen LogP contribution in [0.3, 0.4) is 0 Å². The average molecular weight is 1110 g/mol. The van der Waals surface area contributed by atoms with E-state index in [2.05, 4.69) is 86.2 Å². The van der Waals surface area contributed by atoms with Gasteiger partial charge >= 0.3 is 0 Å². The molecule has 2 unspecified atom stereocenters. The summed E-state index contributed by atoms with van der Waals surface area (Å²) in [4.78, 5) is 69.0. The first-order chi connectivity index (χ1) is 37.7. The smallest absolute Gasteiger partial charge is 0.258 e. The van der Waals surface area contributed by atoms with E-state index in [-0.39, 0.29) is 88.3 Å². The number of phenols is 1. The van der Waals surface area contributed by atoms with Crippen molar-refractivity contribution in [3.8, 4) is 23.0 Å². The minimum Gasteiger partial charge on any atom is -0.507 e. The molecule has 440 valence electrons. The Morgan fingerprint density at radius 3 is 1.61 bits per heavy atom. The topological polar surface area (TPSA) is 352 Å². The molecular weight excluding hydrogens is 1020 g/mol. The number of guanidine groups is 2. The van der Waals surface area contributed by atoms with Gasteiger partial charge in [0, 0.05) is 108 Å². The number of rotatable bonds is 37. The van der Waals surface area contributed by atoms with Crippen molar-refractivity contribution in [2.45, 2.75) is 118 Å². The number of amides is 4. The van der Waals surface area contributed by atoms with Gasteiger partial charge in [-0.25, -0.2) is 0 Å². The number of ether oxygens (including phenoxy) is 3. The molecule has 24 nitrogen and oxygen atoms in total. The number of fused-ring (bicyclic) bond motifs is 2. The van der Waals surface area contributed by atoms with Crippen molar-refractivity contribution in [1.29, 1.82) is 10.8 Å². The molecule has 0 aliphatic carbocycles. The minimum atomic E-state index is -0.957. The molecular formula is C55H90N14O10. The number of benzene rings is 2. The fourth-order valence-electron chi connectivity index (χ4n) is 8.04. The summed E-state index contributed by atoms with van der Waals surface area (Å²) in [5.74, 6) is -2.31. The first kappa shape index (κ1) is 66.1. The van der Waals surface area contributed by atoms with E-state index in [4.69, 9.17) is 35.2 Å². The summed E-state index contributed by atoms with van der Waals surface area (Å²) in [5, 5.41) is 60.1. The Morgan fingerprint density at radius 1 is 0.658 bits per heavy atom. The zero-order valence-corrected chi connectivity index (χ0v) is 48.0. The zero-order chi connectivity index (χ0) is 58.4. The van der Waals surface area contributed by atoms with E-state index in [0.29, 0.717) is 82.8 Å². The van der Waals surface area contributed by atoms with Gasteiger partial charge in [-0.15, -0.1) is 0 Å². The highest BCUT2D eigenvalue weighted by molar-refractivity contribution is 5.98. The van der Waals surface area contributed by atoms with Crippen molar-refractivity contribution in [2.75, 3.05) is 92.8 Å². The number of methoxy groups -OCH3 is 1. The summed E-state index contributed by atoms with van der Waals surface area (Å²) < 4.78 is 24.6. The van der Waals surface area contributed by atoms with Crippen LogP contribution in [0.15, 0.2) is 44.6 Å². The lowest BCUT2D eigenvalue weighted by Gasteiger charge is -2.20. The number of nitrogens with one attached hydrogen (secondary N) is 13. The number of carbonyl (C=O) groups excluding carboxylic acids is 4. The summed E-state index contributed by atoms with van der Waals surface area (Å²) in [5.41, 5.74) is 7.25. The molecule has 0 aliphatic rings. The van der Waals surface area contributed by atoms with E-state index in [1.54, 1.807) is 7.05 Å². The first-order valence-corrected chi connectivity index (χ1v) is 27.1. The molecule has 1 heterocycles. The van der Waals surface area contributed by atoms with Gasteiger partial charge in [-0.2, -0.15) is 0 Å². The van der Waals surface area contributed by atoms with Crippen LogP contribution < -0.4 is 83.9 Å². The van der Waals surface area contributed by atoms with Gasteiger partial charge in [-0.3, -0.25) is 34.8 Å². The molecule has 1 aromatic heterocycles. The first-order valence-electron chi connectivity index (χ1n) is 27.1. The molecule has 16 N–H and O–H groups in total. The predicted molar refractivity (Wildman–Crippen MR) is 311 cm³/mol. The molecule has 0 aliphatic heterocycles. The lowest BCUT2D eigenvalue weighted by atomic mass is 9.98. The molecule has 79 heavy (non-hydrogen) atoms. The highest BCUT2D eigenvalue weighted by atomic mass is 16.5. The molecule has 24 heteroatoms. The number of phenolic OH excluding ortho intramolecular Hbond substituents is 1. The number of aromatic hydroxyl groups is 1. The summed E-state index contributed by atoms with van der Waals surface area (Å²) in [6.45, 7) is 19.9. The lowest BCUT2D eigenvalue weighted by Crippen LogP contribution is -2.49. The molecule has 0 spiro atoms. The highest BCUT2D eigenvalue weighted by Crippen LogP contribution is 2.41.